The Morgan fingerprint density at radius 2 is 1.97 bits per heavy atom. The average Bonchev–Trinajstić information content (AvgIpc) is 2.77. The van der Waals surface area contributed by atoms with Gasteiger partial charge in [-0.2, -0.15) is 5.26 Å². The second kappa shape index (κ2) is 7.90. The van der Waals surface area contributed by atoms with Crippen LogP contribution in [-0.2, 0) is 4.74 Å². The second-order valence-electron chi connectivity index (χ2n) is 6.92. The number of halogens is 1. The molecule has 0 radical (unpaired) electrons. The molecule has 6 heteroatoms. The molecule has 0 spiro atoms. The molecule has 0 N–H and O–H groups in total. The zero-order valence-electron chi connectivity index (χ0n) is 15.9. The molecule has 4 rings (SSSR count). The molecule has 1 amide bonds. The van der Waals surface area contributed by atoms with Gasteiger partial charge in [-0.05, 0) is 52.7 Å². The van der Waals surface area contributed by atoms with Crippen molar-refractivity contribution in [1.82, 2.24) is 4.90 Å². The highest BCUT2D eigenvalue weighted by Gasteiger charge is 2.27. The van der Waals surface area contributed by atoms with Gasteiger partial charge in [0.1, 0.15) is 17.7 Å². The minimum Gasteiger partial charge on any atom is -0.497 e. The summed E-state index contributed by atoms with van der Waals surface area (Å²) in [5, 5.41) is 11.1. The number of hydrogen-bond acceptors (Lipinski definition) is 4. The lowest BCUT2D eigenvalue weighted by molar-refractivity contribution is -0.0227. The van der Waals surface area contributed by atoms with Crippen molar-refractivity contribution in [1.29, 1.82) is 5.26 Å². The Bertz CT molecular complexity index is 1120. The molecule has 1 heterocycles. The first-order chi connectivity index (χ1) is 14.1. The Labute approximate surface area is 167 Å². The van der Waals surface area contributed by atoms with Crippen LogP contribution in [0.2, 0.25) is 0 Å². The zero-order valence-corrected chi connectivity index (χ0v) is 15.9. The first kappa shape index (κ1) is 18.9. The maximum atomic E-state index is 13.7. The molecule has 3 aromatic carbocycles. The van der Waals surface area contributed by atoms with Crippen molar-refractivity contribution in [2.24, 2.45) is 0 Å². The number of nitriles is 1. The molecule has 1 atom stereocenters. The molecule has 146 valence electrons. The van der Waals surface area contributed by atoms with Crippen molar-refractivity contribution >= 4 is 16.7 Å². The zero-order chi connectivity index (χ0) is 20.4. The van der Waals surface area contributed by atoms with Crippen molar-refractivity contribution in [3.8, 4) is 11.8 Å². The number of methoxy groups -OCH3 is 1. The van der Waals surface area contributed by atoms with Crippen LogP contribution in [0.1, 0.15) is 27.6 Å². The average molecular weight is 390 g/mol. The summed E-state index contributed by atoms with van der Waals surface area (Å²) in [6.07, 6.45) is -0.275. The van der Waals surface area contributed by atoms with E-state index in [4.69, 9.17) is 14.7 Å². The van der Waals surface area contributed by atoms with Crippen molar-refractivity contribution in [3.05, 3.63) is 77.1 Å². The van der Waals surface area contributed by atoms with E-state index in [9.17, 15) is 9.18 Å². The largest absolute Gasteiger partial charge is 0.497 e. The Kier molecular flexibility index (Phi) is 5.15. The number of fused-ring (bicyclic) bond motifs is 1. The smallest absolute Gasteiger partial charge is 0.254 e. The van der Waals surface area contributed by atoms with E-state index in [1.807, 2.05) is 42.5 Å². The predicted octanol–water partition coefficient (Wildman–Crippen LogP) is 4.07. The number of amides is 1. The first-order valence-corrected chi connectivity index (χ1v) is 9.26. The summed E-state index contributed by atoms with van der Waals surface area (Å²) >= 11 is 0. The van der Waals surface area contributed by atoms with E-state index >= 15 is 0 Å². The predicted molar refractivity (Wildman–Crippen MR) is 106 cm³/mol. The van der Waals surface area contributed by atoms with Crippen molar-refractivity contribution in [2.75, 3.05) is 26.8 Å². The lowest BCUT2D eigenvalue weighted by Crippen LogP contribution is -2.42. The highest BCUT2D eigenvalue weighted by Crippen LogP contribution is 2.28. The van der Waals surface area contributed by atoms with Gasteiger partial charge in [-0.3, -0.25) is 4.79 Å². The molecule has 3 aromatic rings. The molecule has 29 heavy (non-hydrogen) atoms. The third kappa shape index (κ3) is 3.91. The van der Waals surface area contributed by atoms with Crippen LogP contribution in [0.25, 0.3) is 10.8 Å². The van der Waals surface area contributed by atoms with E-state index in [-0.39, 0.29) is 23.1 Å². The van der Waals surface area contributed by atoms with Crippen LogP contribution in [0.3, 0.4) is 0 Å². The lowest BCUT2D eigenvalue weighted by atomic mass is 10.0. The van der Waals surface area contributed by atoms with Gasteiger partial charge in [0.25, 0.3) is 5.91 Å². The van der Waals surface area contributed by atoms with E-state index in [1.54, 1.807) is 12.0 Å². The molecule has 1 aliphatic rings. The van der Waals surface area contributed by atoms with Crippen LogP contribution in [0.5, 0.6) is 5.75 Å². The van der Waals surface area contributed by atoms with E-state index in [2.05, 4.69) is 0 Å². The summed E-state index contributed by atoms with van der Waals surface area (Å²) in [5.41, 5.74) is 1.27. The number of rotatable bonds is 3. The Morgan fingerprint density at radius 3 is 2.76 bits per heavy atom. The van der Waals surface area contributed by atoms with E-state index in [1.165, 1.54) is 6.07 Å². The highest BCUT2D eigenvalue weighted by molar-refractivity contribution is 5.94. The van der Waals surface area contributed by atoms with Gasteiger partial charge in [-0.1, -0.05) is 18.2 Å². The number of morpholine rings is 1. The number of carbonyl (C=O) groups is 1. The minimum atomic E-state index is -0.595. The van der Waals surface area contributed by atoms with Crippen LogP contribution in [0, 0.1) is 17.1 Å². The van der Waals surface area contributed by atoms with Crippen LogP contribution in [-0.4, -0.2) is 37.6 Å². The van der Waals surface area contributed by atoms with Crippen molar-refractivity contribution in [3.63, 3.8) is 0 Å². The normalized spacial score (nSPS) is 16.4. The molecular formula is C23H19FN2O3. The minimum absolute atomic E-state index is 0.128. The summed E-state index contributed by atoms with van der Waals surface area (Å²) < 4.78 is 24.9. The molecule has 1 aliphatic heterocycles. The van der Waals surface area contributed by atoms with Gasteiger partial charge in [-0.15, -0.1) is 0 Å². The fourth-order valence-electron chi connectivity index (χ4n) is 3.57. The maximum Gasteiger partial charge on any atom is 0.254 e. The number of carbonyl (C=O) groups excluding carboxylic acids is 1. The van der Waals surface area contributed by atoms with Crippen LogP contribution in [0.15, 0.2) is 54.6 Å². The van der Waals surface area contributed by atoms with Gasteiger partial charge in [0.15, 0.2) is 0 Å². The number of hydrogen-bond donors (Lipinski definition) is 0. The third-order valence-electron chi connectivity index (χ3n) is 5.07. The highest BCUT2D eigenvalue weighted by atomic mass is 19.1. The summed E-state index contributed by atoms with van der Waals surface area (Å²) in [5.74, 6) is -0.107. The number of ether oxygens (including phenoxy) is 2. The Morgan fingerprint density at radius 1 is 1.17 bits per heavy atom. The standard InChI is InChI=1S/C23H19FN2O3/c1-28-21-5-4-16-10-18(3-2-17(16)12-21)22-14-26(6-7-29-22)23(27)19-8-15(13-25)9-20(24)11-19/h2-5,8-12,22H,6-7,14H2,1H3/t22-/m0/s1. The van der Waals surface area contributed by atoms with Crippen molar-refractivity contribution < 1.29 is 18.7 Å². The summed E-state index contributed by atoms with van der Waals surface area (Å²) in [4.78, 5) is 14.5. The topological polar surface area (TPSA) is 62.6 Å². The molecule has 0 bridgehead atoms. The number of benzene rings is 3. The molecule has 0 aromatic heterocycles. The lowest BCUT2D eigenvalue weighted by Gasteiger charge is -2.33. The van der Waals surface area contributed by atoms with Gasteiger partial charge >= 0.3 is 0 Å². The summed E-state index contributed by atoms with van der Waals surface area (Å²) in [6, 6.07) is 17.5. The quantitative estimate of drug-likeness (QED) is 0.676. The van der Waals surface area contributed by atoms with E-state index in [0.717, 1.165) is 34.2 Å². The van der Waals surface area contributed by atoms with E-state index < -0.39 is 5.82 Å². The Hall–Kier alpha value is -3.43. The first-order valence-electron chi connectivity index (χ1n) is 9.26. The van der Waals surface area contributed by atoms with Crippen LogP contribution >= 0.6 is 0 Å². The summed E-state index contributed by atoms with van der Waals surface area (Å²) in [6.45, 7) is 1.16. The molecule has 0 saturated carbocycles. The SMILES string of the molecule is COc1ccc2cc([C@@H]3CN(C(=O)c4cc(F)cc(C#N)c4)CCO3)ccc2c1. The number of nitrogens with zero attached hydrogens (tertiary/aromatic N) is 2. The monoisotopic (exact) mass is 390 g/mol. The molecule has 1 saturated heterocycles. The molecule has 0 aliphatic carbocycles. The van der Waals surface area contributed by atoms with Crippen LogP contribution < -0.4 is 4.74 Å². The second-order valence-corrected chi connectivity index (χ2v) is 6.92. The van der Waals surface area contributed by atoms with Gasteiger partial charge < -0.3 is 14.4 Å². The van der Waals surface area contributed by atoms with E-state index in [0.29, 0.717) is 19.7 Å². The van der Waals surface area contributed by atoms with Crippen LogP contribution in [0.4, 0.5) is 4.39 Å². The fraction of sp³-hybridized carbons (Fsp3) is 0.217. The summed E-state index contributed by atoms with van der Waals surface area (Å²) in [7, 11) is 1.63. The molecule has 5 nitrogen and oxygen atoms in total. The molecular weight excluding hydrogens is 371 g/mol. The van der Waals surface area contributed by atoms with Gasteiger partial charge in [-0.25, -0.2) is 4.39 Å². The van der Waals surface area contributed by atoms with Crippen molar-refractivity contribution in [2.45, 2.75) is 6.10 Å². The third-order valence-corrected chi connectivity index (χ3v) is 5.07. The maximum absolute atomic E-state index is 13.7. The van der Waals surface area contributed by atoms with Gasteiger partial charge in [0, 0.05) is 12.1 Å². The molecule has 0 unspecified atom stereocenters. The Balaban J connectivity index is 1.57. The fourth-order valence-corrected chi connectivity index (χ4v) is 3.57. The molecule has 1 fully saturated rings. The van der Waals surface area contributed by atoms with Gasteiger partial charge in [0.05, 0.1) is 31.9 Å². The van der Waals surface area contributed by atoms with Gasteiger partial charge in [0.2, 0.25) is 0 Å².